The molecule has 0 aliphatic carbocycles. The molecule has 0 saturated heterocycles. The summed E-state index contributed by atoms with van der Waals surface area (Å²) in [5, 5.41) is 17.5. The van der Waals surface area contributed by atoms with E-state index in [9.17, 15) is 0 Å². The van der Waals surface area contributed by atoms with Gasteiger partial charge in [0.1, 0.15) is 0 Å². The molecule has 0 fully saturated rings. The van der Waals surface area contributed by atoms with Crippen LogP contribution in [0.15, 0.2) is 22.9 Å². The molecule has 0 spiro atoms. The smallest absolute Gasteiger partial charge is 0.0934 e. The highest BCUT2D eigenvalue weighted by Gasteiger charge is 2.10. The first kappa shape index (κ1) is 11.9. The second kappa shape index (κ2) is 5.15. The predicted molar refractivity (Wildman–Crippen MR) is 69.7 cm³/mol. The summed E-state index contributed by atoms with van der Waals surface area (Å²) in [6.07, 6.45) is 0.420. The van der Waals surface area contributed by atoms with E-state index in [1.54, 1.807) is 11.3 Å². The molecule has 0 N–H and O–H groups in total. The topological polar surface area (TPSA) is 41.6 Å². The summed E-state index contributed by atoms with van der Waals surface area (Å²) < 4.78 is 1.96. The first-order valence-electron chi connectivity index (χ1n) is 5.67. The van der Waals surface area contributed by atoms with Gasteiger partial charge in [-0.3, -0.25) is 4.68 Å². The summed E-state index contributed by atoms with van der Waals surface area (Å²) in [4.78, 5) is 0. The first-order valence-corrected chi connectivity index (χ1v) is 6.61. The molecule has 88 valence electrons. The average Bonchev–Trinajstić information content (AvgIpc) is 2.87. The number of hydrogen-bond donors (Lipinski definition) is 0. The number of thiophene rings is 1. The highest BCUT2D eigenvalue weighted by molar-refractivity contribution is 7.08. The van der Waals surface area contributed by atoms with Gasteiger partial charge < -0.3 is 0 Å². The van der Waals surface area contributed by atoms with Crippen LogP contribution in [0, 0.1) is 17.2 Å². The maximum absolute atomic E-state index is 8.83. The zero-order valence-electron chi connectivity index (χ0n) is 10.1. The lowest BCUT2D eigenvalue weighted by atomic mass is 10.2. The summed E-state index contributed by atoms with van der Waals surface area (Å²) in [7, 11) is 0. The molecule has 2 rings (SSSR count). The summed E-state index contributed by atoms with van der Waals surface area (Å²) in [6, 6.07) is 6.28. The molecule has 2 aromatic rings. The van der Waals surface area contributed by atoms with Gasteiger partial charge >= 0.3 is 0 Å². The quantitative estimate of drug-likeness (QED) is 0.829. The molecule has 17 heavy (non-hydrogen) atoms. The largest absolute Gasteiger partial charge is 0.268 e. The van der Waals surface area contributed by atoms with Crippen LogP contribution in [0.4, 0.5) is 0 Å². The van der Waals surface area contributed by atoms with Crippen LogP contribution >= 0.6 is 11.3 Å². The lowest BCUT2D eigenvalue weighted by Gasteiger charge is -2.07. The Kier molecular flexibility index (Phi) is 3.60. The minimum absolute atomic E-state index is 0.420. The van der Waals surface area contributed by atoms with Crippen molar-refractivity contribution in [2.75, 3.05) is 0 Å². The molecule has 0 saturated carbocycles. The molecule has 0 unspecified atom stereocenters. The van der Waals surface area contributed by atoms with Crippen molar-refractivity contribution in [2.45, 2.75) is 26.8 Å². The van der Waals surface area contributed by atoms with E-state index in [1.807, 2.05) is 16.1 Å². The van der Waals surface area contributed by atoms with Gasteiger partial charge in [0.05, 0.1) is 23.9 Å². The minimum Gasteiger partial charge on any atom is -0.268 e. The van der Waals surface area contributed by atoms with Gasteiger partial charge in [-0.1, -0.05) is 13.8 Å². The van der Waals surface area contributed by atoms with Crippen molar-refractivity contribution in [2.24, 2.45) is 5.92 Å². The lowest BCUT2D eigenvalue weighted by Crippen LogP contribution is -2.09. The van der Waals surface area contributed by atoms with Crippen molar-refractivity contribution in [1.82, 2.24) is 9.78 Å². The molecular weight excluding hydrogens is 230 g/mol. The number of nitriles is 1. The molecule has 0 aliphatic heterocycles. The van der Waals surface area contributed by atoms with E-state index in [1.165, 1.54) is 0 Å². The highest BCUT2D eigenvalue weighted by Crippen LogP contribution is 2.22. The first-order chi connectivity index (χ1) is 8.20. The van der Waals surface area contributed by atoms with Crippen molar-refractivity contribution in [3.8, 4) is 17.3 Å². The van der Waals surface area contributed by atoms with E-state index in [-0.39, 0.29) is 0 Å². The molecule has 0 radical (unpaired) electrons. The number of aromatic nitrogens is 2. The van der Waals surface area contributed by atoms with E-state index in [2.05, 4.69) is 36.5 Å². The van der Waals surface area contributed by atoms with Crippen LogP contribution in [0.5, 0.6) is 0 Å². The Labute approximate surface area is 105 Å². The summed E-state index contributed by atoms with van der Waals surface area (Å²) in [6.45, 7) is 5.17. The molecule has 0 atom stereocenters. The van der Waals surface area contributed by atoms with Crippen LogP contribution in [-0.2, 0) is 13.0 Å². The molecule has 2 aromatic heterocycles. The molecule has 0 bridgehead atoms. The van der Waals surface area contributed by atoms with Crippen molar-refractivity contribution in [1.29, 1.82) is 5.26 Å². The van der Waals surface area contributed by atoms with E-state index in [0.29, 0.717) is 12.3 Å². The van der Waals surface area contributed by atoms with Crippen LogP contribution in [0.3, 0.4) is 0 Å². The van der Waals surface area contributed by atoms with Crippen molar-refractivity contribution < 1.29 is 0 Å². The summed E-state index contributed by atoms with van der Waals surface area (Å²) in [5.41, 5.74) is 3.11. The van der Waals surface area contributed by atoms with Crippen molar-refractivity contribution in [3.05, 3.63) is 28.6 Å². The average molecular weight is 245 g/mol. The molecule has 0 aromatic carbocycles. The van der Waals surface area contributed by atoms with Crippen LogP contribution in [-0.4, -0.2) is 9.78 Å². The van der Waals surface area contributed by atoms with Crippen molar-refractivity contribution >= 4 is 11.3 Å². The molecular formula is C13H15N3S. The number of rotatable bonds is 4. The summed E-state index contributed by atoms with van der Waals surface area (Å²) >= 11 is 1.66. The Bertz CT molecular complexity index is 517. The monoisotopic (exact) mass is 245 g/mol. The van der Waals surface area contributed by atoms with Gasteiger partial charge in [-0.2, -0.15) is 21.7 Å². The third-order valence-electron chi connectivity index (χ3n) is 2.48. The summed E-state index contributed by atoms with van der Waals surface area (Å²) in [5.74, 6) is 0.530. The van der Waals surface area contributed by atoms with E-state index >= 15 is 0 Å². The van der Waals surface area contributed by atoms with Crippen LogP contribution in [0.2, 0.25) is 0 Å². The van der Waals surface area contributed by atoms with Crippen LogP contribution < -0.4 is 0 Å². The van der Waals surface area contributed by atoms with E-state index in [0.717, 1.165) is 23.5 Å². The standard InChI is InChI=1S/C13H15N3S/c1-10(2)8-16-12(3-5-14)7-13(15-16)11-4-6-17-9-11/h4,6-7,9-10H,3,8H2,1-2H3. The minimum atomic E-state index is 0.420. The van der Waals surface area contributed by atoms with Crippen LogP contribution in [0.25, 0.3) is 11.3 Å². The molecule has 4 heteroatoms. The Morgan fingerprint density at radius 3 is 2.94 bits per heavy atom. The van der Waals surface area contributed by atoms with Gasteiger partial charge in [-0.05, 0) is 23.4 Å². The van der Waals surface area contributed by atoms with Gasteiger partial charge in [0.15, 0.2) is 0 Å². The predicted octanol–water partition coefficient (Wildman–Crippen LogP) is 3.33. The molecule has 0 amide bonds. The fraction of sp³-hybridized carbons (Fsp3) is 0.385. The molecule has 3 nitrogen and oxygen atoms in total. The van der Waals surface area contributed by atoms with Gasteiger partial charge in [0, 0.05) is 17.5 Å². The third-order valence-corrected chi connectivity index (χ3v) is 3.16. The van der Waals surface area contributed by atoms with E-state index in [4.69, 9.17) is 5.26 Å². The maximum Gasteiger partial charge on any atom is 0.0934 e. The fourth-order valence-corrected chi connectivity index (χ4v) is 2.38. The SMILES string of the molecule is CC(C)Cn1nc(-c2ccsc2)cc1CC#N. The highest BCUT2D eigenvalue weighted by atomic mass is 32.1. The van der Waals surface area contributed by atoms with Gasteiger partial charge in [0.2, 0.25) is 0 Å². The second-order valence-corrected chi connectivity index (χ2v) is 5.22. The Morgan fingerprint density at radius 1 is 1.53 bits per heavy atom. The van der Waals surface area contributed by atoms with Gasteiger partial charge in [-0.25, -0.2) is 0 Å². The normalized spacial score (nSPS) is 10.7. The third kappa shape index (κ3) is 2.75. The molecule has 0 aliphatic rings. The fourth-order valence-electron chi connectivity index (χ4n) is 1.73. The Morgan fingerprint density at radius 2 is 2.35 bits per heavy atom. The van der Waals surface area contributed by atoms with E-state index < -0.39 is 0 Å². The van der Waals surface area contributed by atoms with Crippen LogP contribution in [0.1, 0.15) is 19.5 Å². The maximum atomic E-state index is 8.83. The molecule has 2 heterocycles. The number of nitrogens with zero attached hydrogens (tertiary/aromatic N) is 3. The van der Waals surface area contributed by atoms with Crippen molar-refractivity contribution in [3.63, 3.8) is 0 Å². The zero-order chi connectivity index (χ0) is 12.3. The Balaban J connectivity index is 2.34. The Hall–Kier alpha value is -1.60. The lowest BCUT2D eigenvalue weighted by molar-refractivity contribution is 0.473. The zero-order valence-corrected chi connectivity index (χ0v) is 10.9. The second-order valence-electron chi connectivity index (χ2n) is 4.44. The number of hydrogen-bond acceptors (Lipinski definition) is 3. The van der Waals surface area contributed by atoms with Gasteiger partial charge in [-0.15, -0.1) is 0 Å². The van der Waals surface area contributed by atoms with Gasteiger partial charge in [0.25, 0.3) is 0 Å².